The van der Waals surface area contributed by atoms with Crippen LogP contribution in [-0.4, -0.2) is 0 Å². The number of rotatable bonds is 5. The third kappa shape index (κ3) is 17.8. The van der Waals surface area contributed by atoms with Gasteiger partial charge in [0.2, 0.25) is 0 Å². The van der Waals surface area contributed by atoms with Crippen molar-refractivity contribution in [1.29, 1.82) is 0 Å². The highest BCUT2D eigenvalue weighted by Gasteiger charge is 2.24. The smallest absolute Gasteiger partial charge is 0.0276 e. The molecular weight excluding hydrogens is 432 g/mol. The Morgan fingerprint density at radius 1 is 0.917 bits per heavy atom. The number of hydrogen-bond acceptors (Lipinski definition) is 0. The minimum atomic E-state index is 0.995. The molecule has 208 valence electrons. The summed E-state index contributed by atoms with van der Waals surface area (Å²) in [5.74, 6) is 4.05. The van der Waals surface area contributed by atoms with E-state index >= 15 is 0 Å². The molecule has 3 rings (SSSR count). The highest BCUT2D eigenvalue weighted by Crippen LogP contribution is 2.36. The van der Waals surface area contributed by atoms with E-state index in [0.29, 0.717) is 0 Å². The molecule has 1 aromatic carbocycles. The van der Waals surface area contributed by atoms with Crippen LogP contribution in [-0.2, 0) is 12.8 Å². The summed E-state index contributed by atoms with van der Waals surface area (Å²) in [6, 6.07) is 7.02. The number of aryl methyl sites for hydroxylation is 3. The number of benzene rings is 1. The van der Waals surface area contributed by atoms with E-state index in [4.69, 9.17) is 0 Å². The molecule has 0 nitrogen and oxygen atoms in total. The van der Waals surface area contributed by atoms with E-state index in [1.807, 2.05) is 34.6 Å². The maximum atomic E-state index is 3.76. The third-order valence-electron chi connectivity index (χ3n) is 7.52. The molecule has 0 spiro atoms. The molecule has 2 saturated carbocycles. The first-order chi connectivity index (χ1) is 17.1. The molecule has 2 aliphatic rings. The molecule has 0 amide bonds. The molecule has 0 heterocycles. The quantitative estimate of drug-likeness (QED) is 0.281. The van der Waals surface area contributed by atoms with Gasteiger partial charge in [-0.2, -0.15) is 0 Å². The van der Waals surface area contributed by atoms with Gasteiger partial charge in [0.1, 0.15) is 0 Å². The van der Waals surface area contributed by atoms with Gasteiger partial charge in [-0.1, -0.05) is 115 Å². The van der Waals surface area contributed by atoms with Gasteiger partial charge in [-0.05, 0) is 107 Å². The SMILES string of the molecule is C=C(C)/C(C)=C/C.C=CC.CC.CC1CCC(C)CC1.CCc1cc(CCC2CC(C)C2)ccc1C. The molecule has 1 aromatic rings. The second kappa shape index (κ2) is 22.6. The van der Waals surface area contributed by atoms with Gasteiger partial charge in [-0.25, -0.2) is 0 Å². The summed E-state index contributed by atoms with van der Waals surface area (Å²) >= 11 is 0. The molecule has 0 aromatic heterocycles. The summed E-state index contributed by atoms with van der Waals surface area (Å²) in [6.07, 6.45) is 16.5. The number of hydrogen-bond donors (Lipinski definition) is 0. The van der Waals surface area contributed by atoms with Crippen molar-refractivity contribution in [2.24, 2.45) is 23.7 Å². The minimum Gasteiger partial charge on any atom is -0.103 e. The highest BCUT2D eigenvalue weighted by atomic mass is 14.3. The summed E-state index contributed by atoms with van der Waals surface area (Å²) in [5.41, 5.74) is 6.95. The van der Waals surface area contributed by atoms with Crippen LogP contribution in [0.15, 0.2) is 54.7 Å². The van der Waals surface area contributed by atoms with Gasteiger partial charge in [-0.15, -0.1) is 6.58 Å². The Bertz CT molecular complexity index is 696. The standard InChI is InChI=1S/C16H24.C8H16.C7H12.C3H6.C2H6/c1-4-16-11-14(6-5-13(16)3)7-8-15-9-12(2)10-15;1-7-3-5-8(2)6-4-7;1-5-7(4)6(2)3;1-3-2;1-2/h5-6,11-12,15H,4,7-10H2,1-3H3;7-8H,3-6H2,1-2H3;5H,2H2,1,3-4H3;3H,1H2,2H3;1-2H3/b;;7-5+;;. The summed E-state index contributed by atoms with van der Waals surface area (Å²) in [4.78, 5) is 0. The van der Waals surface area contributed by atoms with Crippen molar-refractivity contribution in [2.75, 3.05) is 0 Å². The molecule has 0 bridgehead atoms. The summed E-state index contributed by atoms with van der Waals surface area (Å²) in [5, 5.41) is 0. The molecule has 36 heavy (non-hydrogen) atoms. The fourth-order valence-corrected chi connectivity index (χ4v) is 4.61. The molecule has 0 unspecified atom stereocenters. The second-order valence-electron chi connectivity index (χ2n) is 11.1. The van der Waals surface area contributed by atoms with Crippen molar-refractivity contribution in [3.05, 3.63) is 71.3 Å². The van der Waals surface area contributed by atoms with Gasteiger partial charge in [0.15, 0.2) is 0 Å². The van der Waals surface area contributed by atoms with Crippen LogP contribution in [0.4, 0.5) is 0 Å². The van der Waals surface area contributed by atoms with Gasteiger partial charge in [0.25, 0.3) is 0 Å². The highest BCUT2D eigenvalue weighted by molar-refractivity contribution is 5.31. The monoisotopic (exact) mass is 497 g/mol. The predicted octanol–water partition coefficient (Wildman–Crippen LogP) is 12.1. The first kappa shape index (κ1) is 36.6. The molecule has 2 fully saturated rings. The summed E-state index contributed by atoms with van der Waals surface area (Å²) in [6.45, 7) is 30.7. The van der Waals surface area contributed by atoms with Crippen LogP contribution < -0.4 is 0 Å². The Labute approximate surface area is 228 Å². The normalized spacial score (nSPS) is 22.4. The van der Waals surface area contributed by atoms with E-state index in [1.165, 1.54) is 74.5 Å². The maximum absolute atomic E-state index is 3.76. The fraction of sp³-hybridized carbons (Fsp3) is 0.667. The minimum absolute atomic E-state index is 0.995. The Balaban J connectivity index is 0. The van der Waals surface area contributed by atoms with E-state index in [9.17, 15) is 0 Å². The van der Waals surface area contributed by atoms with E-state index in [0.717, 1.165) is 29.2 Å². The molecule has 0 saturated heterocycles. The zero-order chi connectivity index (χ0) is 28.1. The van der Waals surface area contributed by atoms with Crippen LogP contribution in [0, 0.1) is 30.6 Å². The van der Waals surface area contributed by atoms with Crippen molar-refractivity contribution >= 4 is 0 Å². The Morgan fingerprint density at radius 2 is 1.39 bits per heavy atom. The van der Waals surface area contributed by atoms with Crippen molar-refractivity contribution in [1.82, 2.24) is 0 Å². The van der Waals surface area contributed by atoms with Crippen LogP contribution in [0.1, 0.15) is 131 Å². The van der Waals surface area contributed by atoms with Crippen LogP contribution in [0.2, 0.25) is 0 Å². The van der Waals surface area contributed by atoms with Crippen molar-refractivity contribution in [3.63, 3.8) is 0 Å². The van der Waals surface area contributed by atoms with E-state index in [2.05, 4.69) is 79.0 Å². The van der Waals surface area contributed by atoms with Crippen LogP contribution >= 0.6 is 0 Å². The molecular formula is C36H64. The maximum Gasteiger partial charge on any atom is -0.0276 e. The summed E-state index contributed by atoms with van der Waals surface area (Å²) in [7, 11) is 0. The van der Waals surface area contributed by atoms with E-state index < -0.39 is 0 Å². The predicted molar refractivity (Wildman–Crippen MR) is 169 cm³/mol. The topological polar surface area (TPSA) is 0 Å². The van der Waals surface area contributed by atoms with Crippen LogP contribution in [0.25, 0.3) is 0 Å². The van der Waals surface area contributed by atoms with Crippen LogP contribution in [0.3, 0.4) is 0 Å². The van der Waals surface area contributed by atoms with E-state index in [-0.39, 0.29) is 0 Å². The molecule has 2 aliphatic carbocycles. The van der Waals surface area contributed by atoms with Gasteiger partial charge < -0.3 is 0 Å². The molecule has 0 heteroatoms. The average molecular weight is 497 g/mol. The van der Waals surface area contributed by atoms with Crippen molar-refractivity contribution in [3.8, 4) is 0 Å². The molecule has 0 aliphatic heterocycles. The lowest BCUT2D eigenvalue weighted by Crippen LogP contribution is -2.21. The molecule has 0 atom stereocenters. The lowest BCUT2D eigenvalue weighted by molar-refractivity contribution is 0.200. The Hall–Kier alpha value is -1.56. The molecule has 0 N–H and O–H groups in total. The van der Waals surface area contributed by atoms with Crippen LogP contribution in [0.5, 0.6) is 0 Å². The van der Waals surface area contributed by atoms with E-state index in [1.54, 1.807) is 11.6 Å². The first-order valence-corrected chi connectivity index (χ1v) is 15.0. The van der Waals surface area contributed by atoms with Gasteiger partial charge >= 0.3 is 0 Å². The van der Waals surface area contributed by atoms with Gasteiger partial charge in [0, 0.05) is 0 Å². The van der Waals surface area contributed by atoms with Gasteiger partial charge in [0.05, 0.1) is 0 Å². The first-order valence-electron chi connectivity index (χ1n) is 15.0. The zero-order valence-electron chi connectivity index (χ0n) is 26.5. The Morgan fingerprint density at radius 3 is 1.72 bits per heavy atom. The Kier molecular flexibility index (Phi) is 23.0. The average Bonchev–Trinajstić information content (AvgIpc) is 2.85. The summed E-state index contributed by atoms with van der Waals surface area (Å²) < 4.78 is 0. The molecule has 0 radical (unpaired) electrons. The third-order valence-corrected chi connectivity index (χ3v) is 7.52. The van der Waals surface area contributed by atoms with Gasteiger partial charge in [-0.3, -0.25) is 0 Å². The second-order valence-corrected chi connectivity index (χ2v) is 11.1. The lowest BCUT2D eigenvalue weighted by Gasteiger charge is -2.32. The van der Waals surface area contributed by atoms with Crippen molar-refractivity contribution < 1.29 is 0 Å². The van der Waals surface area contributed by atoms with Crippen molar-refractivity contribution in [2.45, 2.75) is 134 Å². The lowest BCUT2D eigenvalue weighted by atomic mass is 9.73. The number of allylic oxidation sites excluding steroid dienone is 4. The fourth-order valence-electron chi connectivity index (χ4n) is 4.61. The zero-order valence-corrected chi connectivity index (χ0v) is 26.5. The largest absolute Gasteiger partial charge is 0.103 e.